The molecular formula is C71H90N12O6. The fraction of sp³-hybridized carbons (Fsp3) is 0.493. The largest absolute Gasteiger partial charge is 0.363 e. The summed E-state index contributed by atoms with van der Waals surface area (Å²) in [4.78, 5) is 70.1. The summed E-state index contributed by atoms with van der Waals surface area (Å²) in [5.74, 6) is 0.834. The number of allylic oxidation sites excluding steroid dienone is 6. The number of carbonyl (C=O) groups excluding carboxylic acids is 3. The third-order valence-electron chi connectivity index (χ3n) is 18.8. The van der Waals surface area contributed by atoms with Gasteiger partial charge in [-0.25, -0.2) is 19.9 Å². The molecule has 0 radical (unpaired) electrons. The molecule has 6 aromatic rings. The lowest BCUT2D eigenvalue weighted by Gasteiger charge is -2.33. The van der Waals surface area contributed by atoms with Crippen molar-refractivity contribution < 1.29 is 28.6 Å². The molecule has 0 saturated carbocycles. The monoisotopic (exact) mass is 1210 g/mol. The highest BCUT2D eigenvalue weighted by atomic mass is 16.5. The summed E-state index contributed by atoms with van der Waals surface area (Å²) in [5, 5.41) is 9.72. The van der Waals surface area contributed by atoms with Gasteiger partial charge in [-0.15, -0.1) is 0 Å². The zero-order valence-corrected chi connectivity index (χ0v) is 54.2. The fourth-order valence-electron chi connectivity index (χ4n) is 12.5. The van der Waals surface area contributed by atoms with Gasteiger partial charge in [-0.05, 0) is 190 Å². The number of ether oxygens (including phenoxy) is 3. The molecule has 7 heterocycles. The Balaban J connectivity index is 0.000000147. The lowest BCUT2D eigenvalue weighted by molar-refractivity contribution is -0.0617. The smallest absolute Gasteiger partial charge is 0.314 e. The average molecular weight is 1210 g/mol. The molecule has 89 heavy (non-hydrogen) atoms. The number of aryl methyl sites for hydroxylation is 2. The molecule has 3 atom stereocenters. The van der Waals surface area contributed by atoms with Crippen LogP contribution < -0.4 is 16.0 Å². The number of amides is 1. The minimum absolute atomic E-state index is 0.0188. The molecule has 1 amide bonds. The summed E-state index contributed by atoms with van der Waals surface area (Å²) < 4.78 is 18.0. The number of H-pyrrole nitrogens is 3. The zero-order chi connectivity index (χ0) is 63.5. The van der Waals surface area contributed by atoms with Gasteiger partial charge in [0, 0.05) is 56.3 Å². The maximum absolute atomic E-state index is 12.9. The van der Waals surface area contributed by atoms with Crippen LogP contribution in [0.2, 0.25) is 0 Å². The number of rotatable bonds is 14. The Labute approximate surface area is 524 Å². The van der Waals surface area contributed by atoms with Gasteiger partial charge in [0.15, 0.2) is 17.4 Å². The van der Waals surface area contributed by atoms with Crippen LogP contribution in [0, 0.1) is 36.7 Å². The minimum atomic E-state index is -0.642. The van der Waals surface area contributed by atoms with E-state index in [1.165, 1.54) is 28.5 Å². The van der Waals surface area contributed by atoms with Gasteiger partial charge in [-0.3, -0.25) is 34.9 Å². The molecule has 12 rings (SSSR count). The molecule has 0 bridgehead atoms. The number of benzene rings is 2. The van der Waals surface area contributed by atoms with Crippen molar-refractivity contribution in [2.75, 3.05) is 51.8 Å². The van der Waals surface area contributed by atoms with E-state index in [9.17, 15) is 14.4 Å². The first-order chi connectivity index (χ1) is 42.2. The number of pyridine rings is 1. The van der Waals surface area contributed by atoms with Crippen molar-refractivity contribution in [2.45, 2.75) is 164 Å². The molecule has 3 fully saturated rings. The van der Waals surface area contributed by atoms with Crippen LogP contribution in [-0.4, -0.2) is 104 Å². The van der Waals surface area contributed by atoms with E-state index in [-0.39, 0.29) is 28.6 Å². The molecule has 18 heteroatoms. The highest BCUT2D eigenvalue weighted by molar-refractivity contribution is 6.03. The number of nitrogens with one attached hydrogen (secondary N) is 6. The number of imidazole rings is 3. The summed E-state index contributed by atoms with van der Waals surface area (Å²) >= 11 is 0. The van der Waals surface area contributed by atoms with Gasteiger partial charge in [0.05, 0.1) is 43.1 Å². The van der Waals surface area contributed by atoms with E-state index < -0.39 is 23.1 Å². The first-order valence-electron chi connectivity index (χ1n) is 31.6. The van der Waals surface area contributed by atoms with Gasteiger partial charge in [-0.1, -0.05) is 90.6 Å². The van der Waals surface area contributed by atoms with Crippen molar-refractivity contribution in [3.8, 4) is 0 Å². The molecule has 18 nitrogen and oxygen atoms in total. The molecule has 470 valence electrons. The van der Waals surface area contributed by atoms with E-state index >= 15 is 0 Å². The Kier molecular flexibility index (Phi) is 18.9. The van der Waals surface area contributed by atoms with Crippen molar-refractivity contribution in [3.63, 3.8) is 0 Å². The quantitative estimate of drug-likeness (QED) is 0.0442. The third kappa shape index (κ3) is 15.1. The Morgan fingerprint density at radius 3 is 1.56 bits per heavy atom. The van der Waals surface area contributed by atoms with Crippen LogP contribution in [-0.2, 0) is 44.2 Å². The molecule has 6 aliphatic rings. The van der Waals surface area contributed by atoms with Crippen molar-refractivity contribution >= 4 is 45.7 Å². The molecule has 4 aromatic heterocycles. The van der Waals surface area contributed by atoms with E-state index in [0.717, 1.165) is 135 Å². The van der Waals surface area contributed by atoms with Crippen LogP contribution in [0.1, 0.15) is 208 Å². The average Bonchev–Trinajstić information content (AvgIpc) is 1.93. The molecule has 3 unspecified atom stereocenters. The number of likely N-dealkylation sites (N-methyl/N-ethyl adjacent to an activating group) is 1. The molecule has 3 saturated heterocycles. The van der Waals surface area contributed by atoms with E-state index in [1.54, 1.807) is 12.4 Å². The maximum Gasteiger partial charge on any atom is 0.314 e. The number of hydrogen-bond donors (Lipinski definition) is 6. The SMILES string of the molecule is Cc1cnc(C(=O)Cc2ccc(C3(C)NCCO3)cc2C2=CCC(C)(C)CC2)[nH]1.Cc1cnc(C(=O)Cc2ccc(C3(C)OCCN3C)cc2C2=CCC(C)(C)CC2)[nH]1.[C-]#[N+]c1cnc(C(=O)Nc2ccc(C3(C)NCCO3)nc2C2=CCC(C)(C)CC2)[nH]1. The van der Waals surface area contributed by atoms with Gasteiger partial charge >= 0.3 is 5.91 Å². The Morgan fingerprint density at radius 2 is 1.11 bits per heavy atom. The molecule has 3 aliphatic carbocycles. The van der Waals surface area contributed by atoms with Gasteiger partial charge in [0.1, 0.15) is 11.4 Å². The lowest BCUT2D eigenvalue weighted by atomic mass is 9.76. The molecule has 6 N–H and O–H groups in total. The van der Waals surface area contributed by atoms with Crippen molar-refractivity contribution in [1.29, 1.82) is 0 Å². The minimum Gasteiger partial charge on any atom is -0.363 e. The summed E-state index contributed by atoms with van der Waals surface area (Å²) in [7, 11) is 2.10. The summed E-state index contributed by atoms with van der Waals surface area (Å²) in [6.07, 6.45) is 21.8. The number of ketones is 2. The number of aromatic nitrogens is 7. The highest BCUT2D eigenvalue weighted by Gasteiger charge is 2.39. The van der Waals surface area contributed by atoms with Gasteiger partial charge in [0.2, 0.25) is 17.4 Å². The molecule has 3 aliphatic heterocycles. The number of anilines is 1. The molecular weight excluding hydrogens is 1120 g/mol. The third-order valence-corrected chi connectivity index (χ3v) is 18.8. The van der Waals surface area contributed by atoms with Crippen LogP contribution in [0.15, 0.2) is 85.3 Å². The normalized spacial score (nSPS) is 23.6. The molecule has 2 aromatic carbocycles. The topological polar surface area (TPSA) is 222 Å². The van der Waals surface area contributed by atoms with E-state index in [0.29, 0.717) is 54.2 Å². The number of carbonyl (C=O) groups is 3. The van der Waals surface area contributed by atoms with Crippen LogP contribution in [0.5, 0.6) is 0 Å². The zero-order valence-electron chi connectivity index (χ0n) is 54.2. The molecule has 0 spiro atoms. The Bertz CT molecular complexity index is 3740. The highest BCUT2D eigenvalue weighted by Crippen LogP contribution is 2.44. The maximum atomic E-state index is 12.9. The van der Waals surface area contributed by atoms with Crippen LogP contribution in [0.4, 0.5) is 11.5 Å². The van der Waals surface area contributed by atoms with Crippen LogP contribution in [0.25, 0.3) is 21.6 Å². The number of nitrogens with zero attached hydrogens (tertiary/aromatic N) is 6. The van der Waals surface area contributed by atoms with Crippen molar-refractivity contribution in [3.05, 3.63) is 170 Å². The van der Waals surface area contributed by atoms with Crippen molar-refractivity contribution in [2.24, 2.45) is 16.2 Å². The lowest BCUT2D eigenvalue weighted by Crippen LogP contribution is -2.36. The standard InChI is InChI=1S/C25H33N3O2.C24H31N3O2.C22H26N6O2/c1-17-16-26-23(27-17)22(29)14-19-6-7-20(25(4)28(5)12-13-30-25)15-21(19)18-8-10-24(2,3)11-9-18;1-16-15-25-22(27-16)21(28)13-18-5-6-19(24(4)26-11-12-29-24)14-20(18)17-7-9-23(2,3)10-8-17;1-21(2)9-7-14(8-10-21)18-15(26-20(29)19-24-13-17(23-4)28-19)5-6-16(27-18)22(3)25-11-12-30-22/h6-8,15-16H,9-14H2,1-5H3,(H,26,27);5-7,14-15,26H,8-13H2,1-4H3,(H,25,27);5-7,13,25H,8-12H2,1-3H3,(H,24,28)(H,26,29). The van der Waals surface area contributed by atoms with Gasteiger partial charge < -0.3 is 34.3 Å². The summed E-state index contributed by atoms with van der Waals surface area (Å²) in [6, 6.07) is 16.6. The second-order valence-electron chi connectivity index (χ2n) is 27.7. The Hall–Kier alpha value is -7.50. The van der Waals surface area contributed by atoms with Gasteiger partial charge in [0.25, 0.3) is 5.82 Å². The second kappa shape index (κ2) is 26.1. The first kappa shape index (κ1) is 64.5. The Morgan fingerprint density at radius 1 is 0.607 bits per heavy atom. The summed E-state index contributed by atoms with van der Waals surface area (Å²) in [6.45, 7) is 35.4. The first-order valence-corrected chi connectivity index (χ1v) is 31.6. The predicted octanol–water partition coefficient (Wildman–Crippen LogP) is 13.4. The number of Topliss-reactive ketones (excluding diaryl/α,β-unsaturated/α-hetero) is 2. The van der Waals surface area contributed by atoms with Crippen LogP contribution in [0.3, 0.4) is 0 Å². The van der Waals surface area contributed by atoms with Crippen molar-refractivity contribution in [1.82, 2.24) is 50.4 Å². The van der Waals surface area contributed by atoms with E-state index in [1.807, 2.05) is 32.9 Å². The summed E-state index contributed by atoms with van der Waals surface area (Å²) in [5.41, 5.74) is 13.9. The fourth-order valence-corrected chi connectivity index (χ4v) is 12.5. The van der Waals surface area contributed by atoms with E-state index in [4.69, 9.17) is 25.8 Å². The van der Waals surface area contributed by atoms with E-state index in [2.05, 4.69) is 173 Å². The number of hydrogen-bond acceptors (Lipinski definition) is 13. The van der Waals surface area contributed by atoms with Crippen LogP contribution >= 0.6 is 0 Å². The van der Waals surface area contributed by atoms with Gasteiger partial charge in [-0.2, -0.15) is 0 Å². The second-order valence-corrected chi connectivity index (χ2v) is 27.7. The number of aromatic amines is 3. The predicted molar refractivity (Wildman–Crippen MR) is 348 cm³/mol.